The van der Waals surface area contributed by atoms with Crippen molar-refractivity contribution < 1.29 is 9.90 Å². The Kier molecular flexibility index (Phi) is 3.69. The zero-order chi connectivity index (χ0) is 10.7. The highest BCUT2D eigenvalue weighted by Gasteiger charge is 2.22. The van der Waals surface area contributed by atoms with Crippen LogP contribution in [0.15, 0.2) is 10.8 Å². The zero-order valence-electron chi connectivity index (χ0n) is 8.20. The third kappa shape index (κ3) is 1.97. The topological polar surface area (TPSA) is 55.1 Å². The van der Waals surface area contributed by atoms with Crippen molar-refractivity contribution in [3.05, 3.63) is 16.4 Å². The molecule has 0 aliphatic heterocycles. The van der Waals surface area contributed by atoms with Crippen molar-refractivity contribution >= 4 is 21.9 Å². The predicted octanol–water partition coefficient (Wildman–Crippen LogP) is 2.24. The summed E-state index contributed by atoms with van der Waals surface area (Å²) in [6.07, 6.45) is 2.19. The quantitative estimate of drug-likeness (QED) is 0.904. The van der Waals surface area contributed by atoms with Crippen molar-refractivity contribution in [1.29, 1.82) is 0 Å². The van der Waals surface area contributed by atoms with Crippen molar-refractivity contribution in [1.82, 2.24) is 9.78 Å². The maximum Gasteiger partial charge on any atom is 0.311 e. The molecule has 0 fully saturated rings. The molecule has 1 unspecified atom stereocenters. The van der Waals surface area contributed by atoms with Crippen molar-refractivity contribution in [2.24, 2.45) is 0 Å². The van der Waals surface area contributed by atoms with Crippen molar-refractivity contribution in [3.63, 3.8) is 0 Å². The Morgan fingerprint density at radius 3 is 2.71 bits per heavy atom. The van der Waals surface area contributed by atoms with Crippen LogP contribution < -0.4 is 0 Å². The molecule has 78 valence electrons. The molecule has 1 aromatic heterocycles. The lowest BCUT2D eigenvalue weighted by atomic mass is 10.0. The van der Waals surface area contributed by atoms with Gasteiger partial charge in [-0.25, -0.2) is 0 Å². The highest BCUT2D eigenvalue weighted by molar-refractivity contribution is 9.10. The highest BCUT2D eigenvalue weighted by Crippen LogP contribution is 2.27. The minimum Gasteiger partial charge on any atom is -0.481 e. The van der Waals surface area contributed by atoms with E-state index in [2.05, 4.69) is 21.0 Å². The maximum atomic E-state index is 10.9. The Morgan fingerprint density at radius 2 is 2.36 bits per heavy atom. The van der Waals surface area contributed by atoms with Crippen LogP contribution in [0.1, 0.15) is 31.7 Å². The minimum atomic E-state index is -0.802. The van der Waals surface area contributed by atoms with E-state index in [9.17, 15) is 4.79 Å². The Bertz CT molecular complexity index is 336. The molecule has 1 N–H and O–H groups in total. The third-order valence-electron chi connectivity index (χ3n) is 2.18. The van der Waals surface area contributed by atoms with Crippen LogP contribution in [-0.4, -0.2) is 20.9 Å². The average Bonchev–Trinajstić information content (AvgIpc) is 2.49. The van der Waals surface area contributed by atoms with Crippen LogP contribution >= 0.6 is 15.9 Å². The lowest BCUT2D eigenvalue weighted by Gasteiger charge is -2.08. The SMILES string of the molecule is CCC(C(=O)O)c1cnn(CC)c1Br. The molecule has 0 bridgehead atoms. The zero-order valence-corrected chi connectivity index (χ0v) is 9.78. The number of hydrogen-bond acceptors (Lipinski definition) is 2. The van der Waals surface area contributed by atoms with Crippen LogP contribution in [0.3, 0.4) is 0 Å². The Hall–Kier alpha value is -0.840. The smallest absolute Gasteiger partial charge is 0.311 e. The van der Waals surface area contributed by atoms with Crippen molar-refractivity contribution in [2.45, 2.75) is 32.7 Å². The fraction of sp³-hybridized carbons (Fsp3) is 0.556. The second kappa shape index (κ2) is 4.59. The molecule has 0 spiro atoms. The van der Waals surface area contributed by atoms with Gasteiger partial charge >= 0.3 is 5.97 Å². The van der Waals surface area contributed by atoms with Gasteiger partial charge in [0.25, 0.3) is 0 Å². The molecule has 0 saturated carbocycles. The lowest BCUT2D eigenvalue weighted by molar-refractivity contribution is -0.138. The molecule has 14 heavy (non-hydrogen) atoms. The highest BCUT2D eigenvalue weighted by atomic mass is 79.9. The average molecular weight is 261 g/mol. The second-order valence-corrected chi connectivity index (χ2v) is 3.76. The molecule has 1 atom stereocenters. The molecular formula is C9H13BrN2O2. The molecule has 0 amide bonds. The largest absolute Gasteiger partial charge is 0.481 e. The molecular weight excluding hydrogens is 248 g/mol. The second-order valence-electron chi connectivity index (χ2n) is 3.01. The number of hydrogen-bond donors (Lipinski definition) is 1. The Morgan fingerprint density at radius 1 is 1.71 bits per heavy atom. The van der Waals surface area contributed by atoms with Gasteiger partial charge in [0.05, 0.1) is 12.1 Å². The van der Waals surface area contributed by atoms with Crippen molar-refractivity contribution in [3.8, 4) is 0 Å². The summed E-state index contributed by atoms with van der Waals surface area (Å²) < 4.78 is 2.51. The minimum absolute atomic E-state index is 0.468. The van der Waals surface area contributed by atoms with Crippen LogP contribution in [0.2, 0.25) is 0 Å². The van der Waals surface area contributed by atoms with Gasteiger partial charge in [0, 0.05) is 12.1 Å². The van der Waals surface area contributed by atoms with E-state index in [0.29, 0.717) is 6.42 Å². The van der Waals surface area contributed by atoms with Gasteiger partial charge in [0.1, 0.15) is 4.60 Å². The fourth-order valence-electron chi connectivity index (χ4n) is 1.37. The summed E-state index contributed by atoms with van der Waals surface area (Å²) in [5.74, 6) is -1.27. The predicted molar refractivity (Wildman–Crippen MR) is 56.3 cm³/mol. The van der Waals surface area contributed by atoms with Gasteiger partial charge in [0.15, 0.2) is 0 Å². The summed E-state index contributed by atoms with van der Waals surface area (Å²) in [4.78, 5) is 10.9. The number of carboxylic acids is 1. The standard InChI is InChI=1S/C9H13BrN2O2/c1-3-6(9(13)14)7-5-11-12(4-2)8(7)10/h5-6H,3-4H2,1-2H3,(H,13,14). The summed E-state index contributed by atoms with van der Waals surface area (Å²) >= 11 is 3.36. The molecule has 1 heterocycles. The number of rotatable bonds is 4. The Labute approximate surface area is 91.1 Å². The molecule has 4 nitrogen and oxygen atoms in total. The number of carbonyl (C=O) groups is 1. The van der Waals surface area contributed by atoms with E-state index in [0.717, 1.165) is 16.7 Å². The third-order valence-corrected chi connectivity index (χ3v) is 3.05. The molecule has 1 aromatic rings. The summed E-state index contributed by atoms with van der Waals surface area (Å²) in [6.45, 7) is 4.55. The van der Waals surface area contributed by atoms with Gasteiger partial charge in [-0.15, -0.1) is 0 Å². The van der Waals surface area contributed by atoms with Crippen LogP contribution in [0.25, 0.3) is 0 Å². The van der Waals surface area contributed by atoms with Gasteiger partial charge in [-0.2, -0.15) is 5.10 Å². The van der Waals surface area contributed by atoms with Gasteiger partial charge in [-0.05, 0) is 29.3 Å². The van der Waals surface area contributed by atoms with E-state index >= 15 is 0 Å². The van der Waals surface area contributed by atoms with Crippen LogP contribution in [0, 0.1) is 0 Å². The summed E-state index contributed by atoms with van der Waals surface area (Å²) in [6, 6.07) is 0. The monoisotopic (exact) mass is 260 g/mol. The molecule has 0 saturated heterocycles. The summed E-state index contributed by atoms with van der Waals surface area (Å²) in [5.41, 5.74) is 0.752. The van der Waals surface area contributed by atoms with E-state index in [1.807, 2.05) is 13.8 Å². The normalized spacial score (nSPS) is 12.8. The molecule has 0 aliphatic carbocycles. The van der Waals surface area contributed by atoms with E-state index in [-0.39, 0.29) is 0 Å². The molecule has 0 aromatic carbocycles. The van der Waals surface area contributed by atoms with Gasteiger partial charge in [0.2, 0.25) is 0 Å². The van der Waals surface area contributed by atoms with E-state index in [1.54, 1.807) is 10.9 Å². The van der Waals surface area contributed by atoms with Gasteiger partial charge in [-0.3, -0.25) is 9.48 Å². The number of carboxylic acid groups (broad SMARTS) is 1. The van der Waals surface area contributed by atoms with Crippen molar-refractivity contribution in [2.75, 3.05) is 0 Å². The first-order chi connectivity index (χ1) is 6.61. The Balaban J connectivity index is 3.05. The summed E-state index contributed by atoms with van der Waals surface area (Å²) in [7, 11) is 0. The van der Waals surface area contributed by atoms with Crippen LogP contribution in [0.5, 0.6) is 0 Å². The van der Waals surface area contributed by atoms with Gasteiger partial charge < -0.3 is 5.11 Å². The maximum absolute atomic E-state index is 10.9. The first-order valence-corrected chi connectivity index (χ1v) is 5.35. The fourth-order valence-corrected chi connectivity index (χ4v) is 2.09. The van der Waals surface area contributed by atoms with Crippen LogP contribution in [0.4, 0.5) is 0 Å². The van der Waals surface area contributed by atoms with E-state index in [4.69, 9.17) is 5.11 Å². The molecule has 5 heteroatoms. The molecule has 1 rings (SSSR count). The first kappa shape index (κ1) is 11.2. The number of nitrogens with zero attached hydrogens (tertiary/aromatic N) is 2. The number of aromatic nitrogens is 2. The first-order valence-electron chi connectivity index (χ1n) is 4.55. The molecule has 0 aliphatic rings. The van der Waals surface area contributed by atoms with E-state index in [1.165, 1.54) is 0 Å². The number of aryl methyl sites for hydroxylation is 1. The number of halogens is 1. The van der Waals surface area contributed by atoms with Crippen LogP contribution in [-0.2, 0) is 11.3 Å². The van der Waals surface area contributed by atoms with Gasteiger partial charge in [-0.1, -0.05) is 6.92 Å². The number of aliphatic carboxylic acids is 1. The summed E-state index contributed by atoms with van der Waals surface area (Å²) in [5, 5.41) is 13.1. The molecule has 0 radical (unpaired) electrons. The lowest BCUT2D eigenvalue weighted by Crippen LogP contribution is -2.10. The van der Waals surface area contributed by atoms with E-state index < -0.39 is 11.9 Å².